The maximum atomic E-state index is 12.1. The maximum Gasteiger partial charge on any atom is 0.254 e. The molecule has 0 aliphatic rings. The van der Waals surface area contributed by atoms with Gasteiger partial charge < -0.3 is 10.2 Å². The molecule has 0 atom stereocenters. The summed E-state index contributed by atoms with van der Waals surface area (Å²) >= 11 is 0. The highest BCUT2D eigenvalue weighted by atomic mass is 16.2. The summed E-state index contributed by atoms with van der Waals surface area (Å²) in [5.41, 5.74) is 0.973. The van der Waals surface area contributed by atoms with Crippen molar-refractivity contribution in [3.05, 3.63) is 35.4 Å². The second-order valence-electron chi connectivity index (χ2n) is 3.68. The lowest BCUT2D eigenvalue weighted by molar-refractivity contribution is -0.121. The first-order valence-corrected chi connectivity index (χ1v) is 5.62. The normalized spacial score (nSPS) is 9.39. The van der Waals surface area contributed by atoms with Crippen molar-refractivity contribution < 1.29 is 9.59 Å². The monoisotopic (exact) mass is 245 g/mol. The Balaban J connectivity index is 2.83. The van der Waals surface area contributed by atoms with E-state index in [1.807, 2.05) is 13.0 Å². The molecular weight excluding hydrogens is 230 g/mol. The van der Waals surface area contributed by atoms with Gasteiger partial charge in [0.05, 0.1) is 18.2 Å². The molecular formula is C13H15N3O2. The van der Waals surface area contributed by atoms with E-state index in [2.05, 4.69) is 5.32 Å². The summed E-state index contributed by atoms with van der Waals surface area (Å²) in [4.78, 5) is 24.8. The molecule has 0 bridgehead atoms. The van der Waals surface area contributed by atoms with Gasteiger partial charge in [-0.2, -0.15) is 5.26 Å². The lowest BCUT2D eigenvalue weighted by atomic mass is 10.1. The lowest BCUT2D eigenvalue weighted by Crippen LogP contribution is -2.39. The number of hydrogen-bond acceptors (Lipinski definition) is 3. The highest BCUT2D eigenvalue weighted by Crippen LogP contribution is 2.07. The average molecular weight is 245 g/mol. The fraction of sp³-hybridized carbons (Fsp3) is 0.308. The van der Waals surface area contributed by atoms with E-state index in [1.165, 1.54) is 11.9 Å². The van der Waals surface area contributed by atoms with E-state index in [-0.39, 0.29) is 18.4 Å². The standard InChI is InChI=1S/C13H15N3O2/c1-3-16(9-12(17)15-2)13(18)11-6-4-10(8-14)5-7-11/h4-7H,3,9H2,1-2H3,(H,15,17). The molecule has 1 aromatic carbocycles. The van der Waals surface area contributed by atoms with Crippen LogP contribution in [0.15, 0.2) is 24.3 Å². The van der Waals surface area contributed by atoms with Gasteiger partial charge in [0.1, 0.15) is 0 Å². The van der Waals surface area contributed by atoms with Crippen LogP contribution in [-0.4, -0.2) is 36.9 Å². The number of rotatable bonds is 4. The quantitative estimate of drug-likeness (QED) is 0.851. The fourth-order valence-electron chi connectivity index (χ4n) is 1.45. The Morgan fingerprint density at radius 3 is 2.39 bits per heavy atom. The molecule has 0 radical (unpaired) electrons. The van der Waals surface area contributed by atoms with Crippen LogP contribution in [0, 0.1) is 11.3 Å². The zero-order chi connectivity index (χ0) is 13.5. The third kappa shape index (κ3) is 3.32. The summed E-state index contributed by atoms with van der Waals surface area (Å²) in [6.07, 6.45) is 0. The number of hydrogen-bond donors (Lipinski definition) is 1. The van der Waals surface area contributed by atoms with Gasteiger partial charge in [-0.3, -0.25) is 9.59 Å². The third-order valence-corrected chi connectivity index (χ3v) is 2.54. The first kappa shape index (κ1) is 13.7. The molecule has 1 rings (SSSR count). The topological polar surface area (TPSA) is 73.2 Å². The van der Waals surface area contributed by atoms with E-state index in [9.17, 15) is 9.59 Å². The van der Waals surface area contributed by atoms with Crippen LogP contribution in [0.25, 0.3) is 0 Å². The third-order valence-electron chi connectivity index (χ3n) is 2.54. The van der Waals surface area contributed by atoms with Gasteiger partial charge in [0.2, 0.25) is 5.91 Å². The van der Waals surface area contributed by atoms with Crippen molar-refractivity contribution >= 4 is 11.8 Å². The van der Waals surface area contributed by atoms with Crippen molar-refractivity contribution in [2.75, 3.05) is 20.1 Å². The summed E-state index contributed by atoms with van der Waals surface area (Å²) in [7, 11) is 1.53. The number of nitrogens with one attached hydrogen (secondary N) is 1. The Kier molecular flexibility index (Phi) is 4.88. The van der Waals surface area contributed by atoms with E-state index >= 15 is 0 Å². The van der Waals surface area contributed by atoms with Gasteiger partial charge >= 0.3 is 0 Å². The van der Waals surface area contributed by atoms with Crippen molar-refractivity contribution in [1.82, 2.24) is 10.2 Å². The number of nitrogens with zero attached hydrogens (tertiary/aromatic N) is 2. The van der Waals surface area contributed by atoms with Crippen molar-refractivity contribution in [1.29, 1.82) is 5.26 Å². The molecule has 5 nitrogen and oxygen atoms in total. The van der Waals surface area contributed by atoms with Gasteiger partial charge in [-0.25, -0.2) is 0 Å². The number of likely N-dealkylation sites (N-methyl/N-ethyl adjacent to an activating group) is 2. The van der Waals surface area contributed by atoms with E-state index in [4.69, 9.17) is 5.26 Å². The molecule has 2 amide bonds. The molecule has 5 heteroatoms. The number of benzene rings is 1. The molecule has 0 aliphatic heterocycles. The highest BCUT2D eigenvalue weighted by molar-refractivity contribution is 5.96. The van der Waals surface area contributed by atoms with Gasteiger partial charge in [-0.05, 0) is 31.2 Å². The van der Waals surface area contributed by atoms with Crippen molar-refractivity contribution in [2.24, 2.45) is 0 Å². The fourth-order valence-corrected chi connectivity index (χ4v) is 1.45. The van der Waals surface area contributed by atoms with Crippen LogP contribution < -0.4 is 5.32 Å². The van der Waals surface area contributed by atoms with Crippen LogP contribution in [0.2, 0.25) is 0 Å². The second kappa shape index (κ2) is 6.40. The molecule has 0 aromatic heterocycles. The number of carbonyl (C=O) groups is 2. The minimum absolute atomic E-state index is 0.0336. The SMILES string of the molecule is CCN(CC(=O)NC)C(=O)c1ccc(C#N)cc1. The van der Waals surface area contributed by atoms with Gasteiger partial charge in [0.25, 0.3) is 5.91 Å². The van der Waals surface area contributed by atoms with Gasteiger partial charge in [0.15, 0.2) is 0 Å². The number of amides is 2. The first-order chi connectivity index (χ1) is 8.62. The van der Waals surface area contributed by atoms with Crippen LogP contribution in [0.1, 0.15) is 22.8 Å². The molecule has 1 N–H and O–H groups in total. The summed E-state index contributed by atoms with van der Waals surface area (Å²) in [5.74, 6) is -0.426. The second-order valence-corrected chi connectivity index (χ2v) is 3.68. The molecule has 0 heterocycles. The Labute approximate surface area is 106 Å². The molecule has 0 saturated carbocycles. The van der Waals surface area contributed by atoms with E-state index < -0.39 is 0 Å². The van der Waals surface area contributed by atoms with E-state index in [1.54, 1.807) is 24.3 Å². The zero-order valence-electron chi connectivity index (χ0n) is 10.4. The predicted octanol–water partition coefficient (Wildman–Crippen LogP) is 0.766. The lowest BCUT2D eigenvalue weighted by Gasteiger charge is -2.19. The van der Waals surface area contributed by atoms with Crippen LogP contribution in [-0.2, 0) is 4.79 Å². The largest absolute Gasteiger partial charge is 0.358 e. The number of carbonyl (C=O) groups excluding carboxylic acids is 2. The summed E-state index contributed by atoms with van der Waals surface area (Å²) in [6.45, 7) is 2.29. The molecule has 0 spiro atoms. The van der Waals surface area contributed by atoms with Gasteiger partial charge in [0, 0.05) is 19.2 Å². The molecule has 0 unspecified atom stereocenters. The van der Waals surface area contributed by atoms with Crippen LogP contribution in [0.3, 0.4) is 0 Å². The van der Waals surface area contributed by atoms with Crippen LogP contribution in [0.4, 0.5) is 0 Å². The summed E-state index contributed by atoms with van der Waals surface area (Å²) in [6, 6.07) is 8.34. The van der Waals surface area contributed by atoms with Gasteiger partial charge in [-0.15, -0.1) is 0 Å². The van der Waals surface area contributed by atoms with Crippen molar-refractivity contribution in [2.45, 2.75) is 6.92 Å². The maximum absolute atomic E-state index is 12.1. The van der Waals surface area contributed by atoms with Crippen LogP contribution >= 0.6 is 0 Å². The molecule has 0 fully saturated rings. The predicted molar refractivity (Wildman–Crippen MR) is 66.8 cm³/mol. The first-order valence-electron chi connectivity index (χ1n) is 5.62. The Morgan fingerprint density at radius 1 is 1.33 bits per heavy atom. The number of nitriles is 1. The zero-order valence-corrected chi connectivity index (χ0v) is 10.4. The minimum atomic E-state index is -0.217. The highest BCUT2D eigenvalue weighted by Gasteiger charge is 2.16. The molecule has 18 heavy (non-hydrogen) atoms. The average Bonchev–Trinajstić information content (AvgIpc) is 2.43. The molecule has 0 aliphatic carbocycles. The Morgan fingerprint density at radius 2 is 1.94 bits per heavy atom. The Hall–Kier alpha value is -2.35. The van der Waals surface area contributed by atoms with Crippen LogP contribution in [0.5, 0.6) is 0 Å². The molecule has 94 valence electrons. The van der Waals surface area contributed by atoms with E-state index in [0.29, 0.717) is 17.7 Å². The summed E-state index contributed by atoms with van der Waals surface area (Å²) < 4.78 is 0. The van der Waals surface area contributed by atoms with Gasteiger partial charge in [-0.1, -0.05) is 0 Å². The molecule has 1 aromatic rings. The van der Waals surface area contributed by atoms with Crippen molar-refractivity contribution in [3.63, 3.8) is 0 Å². The smallest absolute Gasteiger partial charge is 0.254 e. The summed E-state index contributed by atoms with van der Waals surface area (Å²) in [5, 5.41) is 11.2. The van der Waals surface area contributed by atoms with Crippen molar-refractivity contribution in [3.8, 4) is 6.07 Å². The van der Waals surface area contributed by atoms with E-state index in [0.717, 1.165) is 0 Å². The Bertz CT molecular complexity index is 474. The minimum Gasteiger partial charge on any atom is -0.358 e. The molecule has 0 saturated heterocycles.